The summed E-state index contributed by atoms with van der Waals surface area (Å²) in [5, 5.41) is 24.2. The van der Waals surface area contributed by atoms with Crippen LogP contribution in [0.4, 0.5) is 0 Å². The van der Waals surface area contributed by atoms with Crippen LogP contribution in [0.15, 0.2) is 65.8 Å². The fourth-order valence-electron chi connectivity index (χ4n) is 3.86. The number of aromatic hydroxyl groups is 2. The van der Waals surface area contributed by atoms with Gasteiger partial charge in [0.2, 0.25) is 5.90 Å². The van der Waals surface area contributed by atoms with E-state index in [1.165, 1.54) is 12.1 Å². The number of nitrogens with zero attached hydrogens (tertiary/aromatic N) is 1. The van der Waals surface area contributed by atoms with Crippen molar-refractivity contribution >= 4 is 23.2 Å². The van der Waals surface area contributed by atoms with Crippen molar-refractivity contribution in [3.05, 3.63) is 82.9 Å². The first kappa shape index (κ1) is 17.3. The molecule has 0 aromatic heterocycles. The number of nitrogens with one attached hydrogen (secondary N) is 1. The molecule has 2 aliphatic heterocycles. The quantitative estimate of drug-likeness (QED) is 0.364. The van der Waals surface area contributed by atoms with Crippen molar-refractivity contribution < 1.29 is 19.7 Å². The van der Waals surface area contributed by atoms with E-state index in [0.717, 1.165) is 11.1 Å². The number of hydrogen-bond acceptors (Lipinski definition) is 6. The zero-order valence-electron chi connectivity index (χ0n) is 14.9. The molecule has 8 heteroatoms. The molecule has 0 radical (unpaired) electrons. The molecule has 5 N–H and O–H groups in total. The van der Waals surface area contributed by atoms with Crippen LogP contribution in [0.5, 0.6) is 23.0 Å². The van der Waals surface area contributed by atoms with E-state index < -0.39 is 5.60 Å². The first-order valence-electron chi connectivity index (χ1n) is 8.76. The molecule has 29 heavy (non-hydrogen) atoms. The van der Waals surface area contributed by atoms with Gasteiger partial charge in [0.05, 0.1) is 0 Å². The minimum atomic E-state index is -1.09. The number of phenols is 2. The van der Waals surface area contributed by atoms with Crippen LogP contribution in [0, 0.1) is 0 Å². The molecule has 0 fully saturated rings. The molecule has 0 aliphatic carbocycles. The predicted octanol–water partition coefficient (Wildman–Crippen LogP) is 3.02. The SMILES string of the molecule is NC(=S)NN=C1OC2(c3ccc(O)cc3Oc3cc(O)ccc32)c2ccccc21. The molecule has 0 atom stereocenters. The van der Waals surface area contributed by atoms with E-state index in [1.54, 1.807) is 24.3 Å². The standard InChI is InChI=1S/C21H15N3O4S/c22-20(29)24-23-19-13-3-1-2-4-14(13)21(28-19)15-7-5-11(25)9-17(15)27-18-10-12(26)6-8-16(18)21/h1-10,25-26H,(H3,22,24,29). The lowest BCUT2D eigenvalue weighted by molar-refractivity contribution is 0.142. The Hall–Kier alpha value is -3.78. The molecule has 0 saturated carbocycles. The van der Waals surface area contributed by atoms with Crippen molar-refractivity contribution in [1.29, 1.82) is 0 Å². The summed E-state index contributed by atoms with van der Waals surface area (Å²) in [6.07, 6.45) is 0. The summed E-state index contributed by atoms with van der Waals surface area (Å²) in [5.74, 6) is 1.26. The van der Waals surface area contributed by atoms with Gasteiger partial charge in [0.25, 0.3) is 0 Å². The molecule has 0 amide bonds. The van der Waals surface area contributed by atoms with Gasteiger partial charge in [-0.3, -0.25) is 5.43 Å². The molecule has 144 valence electrons. The van der Waals surface area contributed by atoms with Crippen LogP contribution in [0.1, 0.15) is 22.3 Å². The van der Waals surface area contributed by atoms with Crippen molar-refractivity contribution in [2.75, 3.05) is 0 Å². The monoisotopic (exact) mass is 405 g/mol. The average Bonchev–Trinajstić information content (AvgIpc) is 3.01. The highest BCUT2D eigenvalue weighted by Gasteiger charge is 2.52. The Morgan fingerprint density at radius 3 is 2.17 bits per heavy atom. The first-order valence-corrected chi connectivity index (χ1v) is 9.17. The van der Waals surface area contributed by atoms with E-state index in [1.807, 2.05) is 24.3 Å². The molecule has 3 aromatic carbocycles. The zero-order chi connectivity index (χ0) is 20.2. The predicted molar refractivity (Wildman–Crippen MR) is 110 cm³/mol. The van der Waals surface area contributed by atoms with Crippen LogP contribution >= 0.6 is 12.2 Å². The van der Waals surface area contributed by atoms with Crippen molar-refractivity contribution in [1.82, 2.24) is 5.43 Å². The third-order valence-electron chi connectivity index (χ3n) is 4.96. The Morgan fingerprint density at radius 2 is 1.55 bits per heavy atom. The molecule has 5 rings (SSSR count). The highest BCUT2D eigenvalue weighted by molar-refractivity contribution is 7.80. The Labute approximate surface area is 171 Å². The van der Waals surface area contributed by atoms with E-state index >= 15 is 0 Å². The van der Waals surface area contributed by atoms with Gasteiger partial charge in [-0.25, -0.2) is 0 Å². The molecule has 1 spiro atoms. The molecule has 3 aromatic rings. The minimum Gasteiger partial charge on any atom is -0.508 e. The molecule has 2 heterocycles. The molecular weight excluding hydrogens is 390 g/mol. The largest absolute Gasteiger partial charge is 0.508 e. The number of hydrazone groups is 1. The zero-order valence-corrected chi connectivity index (χ0v) is 15.7. The molecule has 0 unspecified atom stereocenters. The second-order valence-corrected chi connectivity index (χ2v) is 7.12. The molecule has 0 saturated heterocycles. The summed E-state index contributed by atoms with van der Waals surface area (Å²) >= 11 is 4.86. The second-order valence-electron chi connectivity index (χ2n) is 6.68. The van der Waals surface area contributed by atoms with Crippen molar-refractivity contribution in [3.8, 4) is 23.0 Å². The van der Waals surface area contributed by atoms with E-state index in [2.05, 4.69) is 10.5 Å². The lowest BCUT2D eigenvalue weighted by atomic mass is 9.77. The minimum absolute atomic E-state index is 0.0159. The summed E-state index contributed by atoms with van der Waals surface area (Å²) in [6, 6.07) is 17.3. The average molecular weight is 405 g/mol. The third-order valence-corrected chi connectivity index (χ3v) is 5.05. The molecule has 2 aliphatic rings. The van der Waals surface area contributed by atoms with Gasteiger partial charge in [-0.2, -0.15) is 0 Å². The highest BCUT2D eigenvalue weighted by Crippen LogP contribution is 2.56. The van der Waals surface area contributed by atoms with Crippen molar-refractivity contribution in [2.45, 2.75) is 5.60 Å². The normalized spacial score (nSPS) is 16.3. The first-order chi connectivity index (χ1) is 14.0. The van der Waals surface area contributed by atoms with Gasteiger partial charge < -0.3 is 25.4 Å². The van der Waals surface area contributed by atoms with Crippen LogP contribution < -0.4 is 15.9 Å². The van der Waals surface area contributed by atoms with Gasteiger partial charge in [0.15, 0.2) is 10.7 Å². The highest BCUT2D eigenvalue weighted by atomic mass is 32.1. The number of ether oxygens (including phenoxy) is 2. The summed E-state index contributed by atoms with van der Waals surface area (Å²) in [5.41, 5.74) is 10.0. The Balaban J connectivity index is 1.83. The molecule has 0 bridgehead atoms. The van der Waals surface area contributed by atoms with Gasteiger partial charge in [0, 0.05) is 34.4 Å². The van der Waals surface area contributed by atoms with E-state index in [-0.39, 0.29) is 16.6 Å². The van der Waals surface area contributed by atoms with Crippen LogP contribution in [-0.2, 0) is 10.3 Å². The van der Waals surface area contributed by atoms with Crippen LogP contribution in [-0.4, -0.2) is 21.2 Å². The Bertz CT molecular complexity index is 1160. The van der Waals surface area contributed by atoms with E-state index in [4.69, 9.17) is 27.4 Å². The van der Waals surface area contributed by atoms with Gasteiger partial charge in [-0.1, -0.05) is 18.2 Å². The second kappa shape index (κ2) is 6.11. The van der Waals surface area contributed by atoms with E-state index in [9.17, 15) is 10.2 Å². The van der Waals surface area contributed by atoms with Crippen LogP contribution in [0.2, 0.25) is 0 Å². The third kappa shape index (κ3) is 2.50. The maximum atomic E-state index is 9.98. The Morgan fingerprint density at radius 1 is 0.931 bits per heavy atom. The Kier molecular flexibility index (Phi) is 3.65. The smallest absolute Gasteiger partial charge is 0.240 e. The van der Waals surface area contributed by atoms with Crippen LogP contribution in [0.25, 0.3) is 0 Å². The molecule has 7 nitrogen and oxygen atoms in total. The lowest BCUT2D eigenvalue weighted by Gasteiger charge is -2.36. The number of benzene rings is 3. The fraction of sp³-hybridized carbons (Fsp3) is 0.0476. The van der Waals surface area contributed by atoms with Gasteiger partial charge in [0.1, 0.15) is 23.0 Å². The van der Waals surface area contributed by atoms with Crippen molar-refractivity contribution in [2.24, 2.45) is 10.8 Å². The van der Waals surface area contributed by atoms with Crippen LogP contribution in [0.3, 0.4) is 0 Å². The van der Waals surface area contributed by atoms with Gasteiger partial charge in [-0.15, -0.1) is 5.10 Å². The number of hydrogen-bond donors (Lipinski definition) is 4. The summed E-state index contributed by atoms with van der Waals surface area (Å²) in [4.78, 5) is 0. The lowest BCUT2D eigenvalue weighted by Crippen LogP contribution is -2.33. The number of nitrogens with two attached hydrogens (primary N) is 1. The van der Waals surface area contributed by atoms with E-state index in [0.29, 0.717) is 28.5 Å². The fourth-order valence-corrected chi connectivity index (χ4v) is 3.90. The maximum absolute atomic E-state index is 9.98. The number of fused-ring (bicyclic) bond motifs is 6. The van der Waals surface area contributed by atoms with Gasteiger partial charge >= 0.3 is 0 Å². The van der Waals surface area contributed by atoms with Crippen molar-refractivity contribution in [3.63, 3.8) is 0 Å². The number of phenolic OH excluding ortho intramolecular Hbond substituents is 2. The summed E-state index contributed by atoms with van der Waals surface area (Å²) < 4.78 is 12.5. The number of rotatable bonds is 1. The topological polar surface area (TPSA) is 109 Å². The summed E-state index contributed by atoms with van der Waals surface area (Å²) in [6.45, 7) is 0. The van der Waals surface area contributed by atoms with Gasteiger partial charge in [-0.05, 0) is 42.5 Å². The molecular formula is C21H15N3O4S. The number of thiocarbonyl (C=S) groups is 1. The summed E-state index contributed by atoms with van der Waals surface area (Å²) in [7, 11) is 0. The maximum Gasteiger partial charge on any atom is 0.240 e.